The van der Waals surface area contributed by atoms with E-state index in [1.807, 2.05) is 78.8 Å². The van der Waals surface area contributed by atoms with Gasteiger partial charge in [0.05, 0.1) is 17.7 Å². The van der Waals surface area contributed by atoms with Crippen molar-refractivity contribution < 1.29 is 22.7 Å². The molecule has 0 heterocycles. The number of benzene rings is 3. The fourth-order valence-electron chi connectivity index (χ4n) is 4.61. The van der Waals surface area contributed by atoms with Crippen LogP contribution in [0.15, 0.2) is 71.6 Å². The van der Waals surface area contributed by atoms with E-state index in [4.69, 9.17) is 4.74 Å². The Kier molecular flexibility index (Phi) is 10.4. The van der Waals surface area contributed by atoms with Crippen LogP contribution in [-0.2, 0) is 26.2 Å². The number of methoxy groups -OCH3 is 1. The summed E-state index contributed by atoms with van der Waals surface area (Å²) in [4.78, 5) is 29.3. The largest absolute Gasteiger partial charge is 0.495 e. The van der Waals surface area contributed by atoms with Crippen LogP contribution in [0.25, 0.3) is 0 Å². The predicted octanol–water partition coefficient (Wildman–Crippen LogP) is 5.54. The Hall–Kier alpha value is -3.85. The topological polar surface area (TPSA) is 96.0 Å². The summed E-state index contributed by atoms with van der Waals surface area (Å²) in [6.07, 6.45) is 0.345. The van der Waals surface area contributed by atoms with E-state index in [-0.39, 0.29) is 23.0 Å². The van der Waals surface area contributed by atoms with Crippen molar-refractivity contribution in [2.75, 3.05) is 18.0 Å². The molecule has 1 N–H and O–H groups in total. The molecule has 3 rings (SSSR count). The first-order valence-corrected chi connectivity index (χ1v) is 15.5. The van der Waals surface area contributed by atoms with E-state index in [9.17, 15) is 18.0 Å². The van der Waals surface area contributed by atoms with Gasteiger partial charge in [-0.15, -0.1) is 0 Å². The molecule has 9 heteroatoms. The first-order chi connectivity index (χ1) is 19.7. The highest BCUT2D eigenvalue weighted by molar-refractivity contribution is 7.92. The van der Waals surface area contributed by atoms with Gasteiger partial charge in [0.15, 0.2) is 0 Å². The summed E-state index contributed by atoms with van der Waals surface area (Å²) < 4.78 is 34.9. The van der Waals surface area contributed by atoms with Crippen molar-refractivity contribution in [2.45, 2.75) is 77.9 Å². The molecule has 0 spiro atoms. The van der Waals surface area contributed by atoms with Crippen LogP contribution in [0.3, 0.4) is 0 Å². The van der Waals surface area contributed by atoms with Gasteiger partial charge in [-0.3, -0.25) is 13.9 Å². The van der Waals surface area contributed by atoms with Gasteiger partial charge in [0.2, 0.25) is 11.8 Å². The summed E-state index contributed by atoms with van der Waals surface area (Å²) in [5, 5.41) is 2.99. The van der Waals surface area contributed by atoms with Crippen molar-refractivity contribution in [1.82, 2.24) is 10.2 Å². The second kappa shape index (κ2) is 13.4. The minimum absolute atomic E-state index is 0.0482. The highest BCUT2D eigenvalue weighted by atomic mass is 32.2. The fraction of sp³-hybridized carbons (Fsp3) is 0.394. The Bertz CT molecular complexity index is 1490. The zero-order valence-corrected chi connectivity index (χ0v) is 26.7. The predicted molar refractivity (Wildman–Crippen MR) is 167 cm³/mol. The van der Waals surface area contributed by atoms with Gasteiger partial charge >= 0.3 is 0 Å². The maximum atomic E-state index is 14.3. The van der Waals surface area contributed by atoms with Crippen LogP contribution < -0.4 is 14.4 Å². The summed E-state index contributed by atoms with van der Waals surface area (Å²) in [5.41, 5.74) is 3.33. The minimum Gasteiger partial charge on any atom is -0.495 e. The number of carbonyl (C=O) groups excluding carboxylic acids is 2. The van der Waals surface area contributed by atoms with Crippen LogP contribution in [0.2, 0.25) is 0 Å². The molecule has 1 atom stereocenters. The number of anilines is 1. The van der Waals surface area contributed by atoms with E-state index in [0.29, 0.717) is 12.2 Å². The van der Waals surface area contributed by atoms with E-state index < -0.39 is 34.1 Å². The number of nitrogens with one attached hydrogen (secondary N) is 1. The quantitative estimate of drug-likeness (QED) is 0.315. The van der Waals surface area contributed by atoms with Crippen molar-refractivity contribution in [2.24, 2.45) is 0 Å². The average Bonchev–Trinajstić information content (AvgIpc) is 2.91. The van der Waals surface area contributed by atoms with Gasteiger partial charge in [-0.25, -0.2) is 8.42 Å². The summed E-state index contributed by atoms with van der Waals surface area (Å²) in [6, 6.07) is 18.6. The number of nitrogens with zero attached hydrogens (tertiary/aromatic N) is 2. The van der Waals surface area contributed by atoms with Crippen molar-refractivity contribution in [3.05, 3.63) is 89.0 Å². The van der Waals surface area contributed by atoms with Gasteiger partial charge in [-0.05, 0) is 83.4 Å². The molecule has 0 saturated heterocycles. The zero-order chi connectivity index (χ0) is 31.2. The van der Waals surface area contributed by atoms with E-state index in [1.54, 1.807) is 24.3 Å². The van der Waals surface area contributed by atoms with Gasteiger partial charge in [0, 0.05) is 12.1 Å². The molecule has 226 valence electrons. The molecule has 0 radical (unpaired) electrons. The lowest BCUT2D eigenvalue weighted by molar-refractivity contribution is -0.141. The van der Waals surface area contributed by atoms with E-state index >= 15 is 0 Å². The van der Waals surface area contributed by atoms with Crippen LogP contribution in [0, 0.1) is 20.8 Å². The van der Waals surface area contributed by atoms with Gasteiger partial charge in [-0.2, -0.15) is 0 Å². The smallest absolute Gasteiger partial charge is 0.264 e. The number of carbonyl (C=O) groups is 2. The van der Waals surface area contributed by atoms with E-state index in [0.717, 1.165) is 26.6 Å². The maximum Gasteiger partial charge on any atom is 0.264 e. The Morgan fingerprint density at radius 3 is 1.95 bits per heavy atom. The standard InChI is InChI=1S/C33H43N3O5S/c1-9-28(32(38)34-33(5,6)7)35(21-26-15-10-23(2)11-16-26)31(37)22-36(29-20-25(4)14-19-30(29)41-8)42(39,40)27-17-12-24(3)13-18-27/h10-20,28H,9,21-22H2,1-8H3,(H,34,38). The van der Waals surface area contributed by atoms with Crippen LogP contribution in [-0.4, -0.2) is 50.4 Å². The molecule has 42 heavy (non-hydrogen) atoms. The molecule has 8 nitrogen and oxygen atoms in total. The van der Waals surface area contributed by atoms with E-state index in [1.165, 1.54) is 24.1 Å². The summed E-state index contributed by atoms with van der Waals surface area (Å²) in [6.45, 7) is 12.8. The lowest BCUT2D eigenvalue weighted by Crippen LogP contribution is -2.55. The Balaban J connectivity index is 2.14. The first kappa shape index (κ1) is 32.7. The molecule has 0 aliphatic heterocycles. The average molecular weight is 594 g/mol. The third-order valence-electron chi connectivity index (χ3n) is 6.85. The molecular formula is C33H43N3O5S. The fourth-order valence-corrected chi connectivity index (χ4v) is 6.02. The monoisotopic (exact) mass is 593 g/mol. The van der Waals surface area contributed by atoms with Gasteiger partial charge in [0.25, 0.3) is 10.0 Å². The van der Waals surface area contributed by atoms with Crippen LogP contribution in [0.5, 0.6) is 5.75 Å². The Morgan fingerprint density at radius 2 is 1.43 bits per heavy atom. The molecule has 0 aliphatic carbocycles. The van der Waals surface area contributed by atoms with E-state index in [2.05, 4.69) is 5.32 Å². The van der Waals surface area contributed by atoms with Crippen LogP contribution in [0.1, 0.15) is 56.4 Å². The molecule has 3 aromatic carbocycles. The normalized spacial score (nSPS) is 12.4. The number of sulfonamides is 1. The number of hydrogen-bond donors (Lipinski definition) is 1. The number of aryl methyl sites for hydroxylation is 3. The van der Waals surface area contributed by atoms with Crippen molar-refractivity contribution in [3.63, 3.8) is 0 Å². The highest BCUT2D eigenvalue weighted by Crippen LogP contribution is 2.34. The van der Waals surface area contributed by atoms with Crippen molar-refractivity contribution in [1.29, 1.82) is 0 Å². The molecule has 1 unspecified atom stereocenters. The molecule has 0 saturated carbocycles. The Morgan fingerprint density at radius 1 is 0.881 bits per heavy atom. The Labute approximate surface area is 250 Å². The van der Waals surface area contributed by atoms with Crippen molar-refractivity contribution >= 4 is 27.5 Å². The second-order valence-electron chi connectivity index (χ2n) is 11.7. The SMILES string of the molecule is CCC(C(=O)NC(C)(C)C)N(Cc1ccc(C)cc1)C(=O)CN(c1cc(C)ccc1OC)S(=O)(=O)c1ccc(C)cc1. The van der Waals surface area contributed by atoms with Gasteiger partial charge < -0.3 is 15.0 Å². The molecule has 2 amide bonds. The van der Waals surface area contributed by atoms with Crippen molar-refractivity contribution in [3.8, 4) is 5.75 Å². The number of hydrogen-bond acceptors (Lipinski definition) is 5. The summed E-state index contributed by atoms with van der Waals surface area (Å²) >= 11 is 0. The highest BCUT2D eigenvalue weighted by Gasteiger charge is 2.35. The lowest BCUT2D eigenvalue weighted by atomic mass is 10.1. The van der Waals surface area contributed by atoms with Gasteiger partial charge in [0.1, 0.15) is 18.3 Å². The second-order valence-corrected chi connectivity index (χ2v) is 13.5. The summed E-state index contributed by atoms with van der Waals surface area (Å²) in [7, 11) is -2.74. The third kappa shape index (κ3) is 8.12. The molecule has 3 aromatic rings. The first-order valence-electron chi connectivity index (χ1n) is 14.1. The zero-order valence-electron chi connectivity index (χ0n) is 25.9. The molecule has 0 fully saturated rings. The maximum absolute atomic E-state index is 14.3. The number of ether oxygens (including phenoxy) is 1. The van der Waals surface area contributed by atoms with Crippen LogP contribution >= 0.6 is 0 Å². The number of rotatable bonds is 11. The van der Waals surface area contributed by atoms with Gasteiger partial charge in [-0.1, -0.05) is 60.5 Å². The summed E-state index contributed by atoms with van der Waals surface area (Å²) in [5.74, 6) is -0.496. The molecule has 0 bridgehead atoms. The molecular weight excluding hydrogens is 550 g/mol. The lowest BCUT2D eigenvalue weighted by Gasteiger charge is -2.35. The third-order valence-corrected chi connectivity index (χ3v) is 8.62. The molecule has 0 aromatic heterocycles. The van der Waals surface area contributed by atoms with Crippen LogP contribution in [0.4, 0.5) is 5.69 Å². The molecule has 0 aliphatic rings. The number of amides is 2. The minimum atomic E-state index is -4.20.